The van der Waals surface area contributed by atoms with E-state index in [-0.39, 0.29) is 24.8 Å². The molecule has 0 atom stereocenters. The molecule has 32 heavy (non-hydrogen) atoms. The van der Waals surface area contributed by atoms with E-state index in [0.717, 1.165) is 38.5 Å². The van der Waals surface area contributed by atoms with Crippen LogP contribution < -0.4 is 0 Å². The molecule has 0 radical (unpaired) electrons. The van der Waals surface area contributed by atoms with Crippen molar-refractivity contribution in [3.63, 3.8) is 0 Å². The molecular formula is C28H46O4. The molecule has 0 fully saturated rings. The highest BCUT2D eigenvalue weighted by atomic mass is 16.5. The predicted molar refractivity (Wildman–Crippen MR) is 131 cm³/mol. The first-order chi connectivity index (χ1) is 15.8. The number of hydrogen-bond acceptors (Lipinski definition) is 4. The van der Waals surface area contributed by atoms with E-state index in [1.54, 1.807) is 12.2 Å². The third kappa shape index (κ3) is 20.2. The van der Waals surface area contributed by atoms with E-state index >= 15 is 0 Å². The van der Waals surface area contributed by atoms with Gasteiger partial charge in [0, 0.05) is 12.8 Å². The molecule has 4 nitrogen and oxygen atoms in total. The largest absolute Gasteiger partial charge is 0.465 e. The van der Waals surface area contributed by atoms with Crippen molar-refractivity contribution in [3.8, 4) is 11.8 Å². The fourth-order valence-electron chi connectivity index (χ4n) is 3.78. The molecule has 0 spiro atoms. The number of carbonyl (C=O) groups is 2. The summed E-state index contributed by atoms with van der Waals surface area (Å²) in [6.45, 7) is 0.987. The van der Waals surface area contributed by atoms with Gasteiger partial charge in [0.2, 0.25) is 0 Å². The number of rotatable bonds is 0. The van der Waals surface area contributed by atoms with Crippen LogP contribution >= 0.6 is 0 Å². The highest BCUT2D eigenvalue weighted by Crippen LogP contribution is 2.11. The molecule has 0 N–H and O–H groups in total. The van der Waals surface area contributed by atoms with Crippen molar-refractivity contribution in [2.75, 3.05) is 13.2 Å². The lowest BCUT2D eigenvalue weighted by atomic mass is 10.1. The first-order valence-corrected chi connectivity index (χ1v) is 13.2. The molecule has 0 aromatic carbocycles. The summed E-state index contributed by atoms with van der Waals surface area (Å²) in [5.41, 5.74) is 0. The third-order valence-electron chi connectivity index (χ3n) is 5.78. The Bertz CT molecular complexity index is 510. The van der Waals surface area contributed by atoms with E-state index in [1.807, 2.05) is 0 Å². The van der Waals surface area contributed by atoms with Gasteiger partial charge >= 0.3 is 11.9 Å². The van der Waals surface area contributed by atoms with Gasteiger partial charge in [0.1, 0.15) is 0 Å². The number of cyclic esters (lactones) is 2. The van der Waals surface area contributed by atoms with E-state index in [2.05, 4.69) is 11.8 Å². The highest BCUT2D eigenvalue weighted by molar-refractivity contribution is 5.73. The van der Waals surface area contributed by atoms with Crippen LogP contribution in [0.15, 0.2) is 12.2 Å². The molecule has 1 aliphatic rings. The van der Waals surface area contributed by atoms with Crippen LogP contribution in [-0.4, -0.2) is 25.2 Å². The molecule has 4 heteroatoms. The molecule has 0 unspecified atom stereocenters. The van der Waals surface area contributed by atoms with E-state index in [0.29, 0.717) is 13.2 Å². The summed E-state index contributed by atoms with van der Waals surface area (Å²) in [6, 6.07) is 0. The molecule has 0 saturated carbocycles. The molecule has 0 bridgehead atoms. The van der Waals surface area contributed by atoms with Crippen LogP contribution in [0.25, 0.3) is 0 Å². The van der Waals surface area contributed by atoms with Crippen LogP contribution in [0.2, 0.25) is 0 Å². The lowest BCUT2D eigenvalue weighted by molar-refractivity contribution is -0.144. The summed E-state index contributed by atoms with van der Waals surface area (Å²) in [6.07, 6.45) is 25.2. The normalized spacial score (nSPS) is 22.4. The van der Waals surface area contributed by atoms with Crippen molar-refractivity contribution >= 4 is 11.9 Å². The summed E-state index contributed by atoms with van der Waals surface area (Å²) in [5.74, 6) is 6.23. The Hall–Kier alpha value is -1.76. The van der Waals surface area contributed by atoms with Gasteiger partial charge in [-0.3, -0.25) is 9.59 Å². The fourth-order valence-corrected chi connectivity index (χ4v) is 3.78. The Kier molecular flexibility index (Phi) is 19.8. The van der Waals surface area contributed by atoms with E-state index in [9.17, 15) is 9.59 Å². The standard InChI is InChI=1S/C28H46O4/c29-27-23-19-20-24-28(30)32-26-22-18-16-14-12-10-8-6-4-2-1-3-5-7-9-11-13-15-17-21-25-31-27/h19-20H,3-18,21-26H2/b20-19+. The molecule has 0 aliphatic carbocycles. The lowest BCUT2D eigenvalue weighted by Crippen LogP contribution is -2.05. The Balaban J connectivity index is 2.21. The van der Waals surface area contributed by atoms with Gasteiger partial charge in [-0.05, 0) is 25.7 Å². The van der Waals surface area contributed by atoms with E-state index in [1.165, 1.54) is 77.0 Å². The van der Waals surface area contributed by atoms with Crippen LogP contribution in [0.3, 0.4) is 0 Å². The lowest BCUT2D eigenvalue weighted by Gasteiger charge is -2.04. The number of hydrogen-bond donors (Lipinski definition) is 0. The maximum atomic E-state index is 11.7. The zero-order valence-electron chi connectivity index (χ0n) is 20.3. The van der Waals surface area contributed by atoms with Crippen molar-refractivity contribution in [3.05, 3.63) is 12.2 Å². The quantitative estimate of drug-likeness (QED) is 0.220. The minimum atomic E-state index is -0.225. The van der Waals surface area contributed by atoms with Crippen molar-refractivity contribution in [2.24, 2.45) is 0 Å². The Morgan fingerprint density at radius 1 is 0.469 bits per heavy atom. The molecule has 0 saturated heterocycles. The zero-order chi connectivity index (χ0) is 23.0. The summed E-state index contributed by atoms with van der Waals surface area (Å²) in [7, 11) is 0. The fraction of sp³-hybridized carbons (Fsp3) is 0.786. The van der Waals surface area contributed by atoms with Crippen LogP contribution in [0, 0.1) is 11.8 Å². The topological polar surface area (TPSA) is 52.6 Å². The van der Waals surface area contributed by atoms with Crippen molar-refractivity contribution in [1.29, 1.82) is 0 Å². The highest BCUT2D eigenvalue weighted by Gasteiger charge is 2.02. The van der Waals surface area contributed by atoms with Crippen LogP contribution in [-0.2, 0) is 19.1 Å². The smallest absolute Gasteiger partial charge is 0.309 e. The van der Waals surface area contributed by atoms with Crippen molar-refractivity contribution in [2.45, 2.75) is 128 Å². The van der Waals surface area contributed by atoms with E-state index < -0.39 is 0 Å². The summed E-state index contributed by atoms with van der Waals surface area (Å²) < 4.78 is 10.5. The van der Waals surface area contributed by atoms with Crippen LogP contribution in [0.1, 0.15) is 128 Å². The molecule has 1 heterocycles. The summed E-state index contributed by atoms with van der Waals surface area (Å²) in [5, 5.41) is 0. The second kappa shape index (κ2) is 22.4. The number of ether oxygens (including phenoxy) is 2. The second-order valence-electron chi connectivity index (χ2n) is 8.83. The molecule has 1 aliphatic heterocycles. The van der Waals surface area contributed by atoms with Crippen LogP contribution in [0.4, 0.5) is 0 Å². The average Bonchev–Trinajstić information content (AvgIpc) is 2.79. The predicted octanol–water partition coefficient (Wildman–Crippen LogP) is 7.45. The minimum absolute atomic E-state index is 0.220. The van der Waals surface area contributed by atoms with Gasteiger partial charge in [-0.25, -0.2) is 0 Å². The van der Waals surface area contributed by atoms with Crippen molar-refractivity contribution < 1.29 is 19.1 Å². The van der Waals surface area contributed by atoms with Gasteiger partial charge in [-0.1, -0.05) is 89.2 Å². The minimum Gasteiger partial charge on any atom is -0.465 e. The molecule has 0 amide bonds. The maximum absolute atomic E-state index is 11.7. The Morgan fingerprint density at radius 3 is 1.16 bits per heavy atom. The van der Waals surface area contributed by atoms with E-state index in [4.69, 9.17) is 9.47 Å². The van der Waals surface area contributed by atoms with Gasteiger partial charge in [-0.2, -0.15) is 0 Å². The van der Waals surface area contributed by atoms with Gasteiger partial charge in [0.05, 0.1) is 26.1 Å². The first kappa shape index (κ1) is 28.3. The van der Waals surface area contributed by atoms with Crippen molar-refractivity contribution in [1.82, 2.24) is 0 Å². The maximum Gasteiger partial charge on any atom is 0.309 e. The third-order valence-corrected chi connectivity index (χ3v) is 5.78. The van der Waals surface area contributed by atoms with Gasteiger partial charge in [0.15, 0.2) is 0 Å². The molecule has 1 rings (SSSR count). The van der Waals surface area contributed by atoms with Crippen LogP contribution in [0.5, 0.6) is 0 Å². The molecular weight excluding hydrogens is 400 g/mol. The summed E-state index contributed by atoms with van der Waals surface area (Å²) >= 11 is 0. The van der Waals surface area contributed by atoms with Gasteiger partial charge < -0.3 is 9.47 Å². The van der Waals surface area contributed by atoms with Gasteiger partial charge in [-0.15, -0.1) is 11.8 Å². The average molecular weight is 447 g/mol. The van der Waals surface area contributed by atoms with Gasteiger partial charge in [0.25, 0.3) is 0 Å². The molecule has 182 valence electrons. The Labute approximate surface area is 196 Å². The molecule has 0 aromatic heterocycles. The Morgan fingerprint density at radius 2 is 0.781 bits per heavy atom. The zero-order valence-corrected chi connectivity index (χ0v) is 20.3. The SMILES string of the molecule is O=C1C/C=C/CC(=O)OCCCCCCCCCCC#CCCCCCCCCCCO1. The first-order valence-electron chi connectivity index (χ1n) is 13.2. The molecule has 0 aromatic rings. The summed E-state index contributed by atoms with van der Waals surface area (Å²) in [4.78, 5) is 23.4. The number of esters is 2. The second-order valence-corrected chi connectivity index (χ2v) is 8.83. The monoisotopic (exact) mass is 446 g/mol. The number of carbonyl (C=O) groups excluding carboxylic acids is 2.